The maximum Gasteiger partial charge on any atom is 0.120 e. The zero-order chi connectivity index (χ0) is 14.5. The van der Waals surface area contributed by atoms with Gasteiger partial charge in [-0.1, -0.05) is 23.7 Å². The largest absolute Gasteiger partial charge is 0.490 e. The molecule has 3 rings (SSSR count). The molecule has 2 aromatic rings. The average Bonchev–Trinajstić information content (AvgIpc) is 3.00. The Morgan fingerprint density at radius 2 is 1.81 bits per heavy atom. The van der Waals surface area contributed by atoms with E-state index in [0.717, 1.165) is 23.0 Å². The van der Waals surface area contributed by atoms with Gasteiger partial charge in [-0.2, -0.15) is 0 Å². The first-order valence-electron chi connectivity index (χ1n) is 7.55. The monoisotopic (exact) mass is 301 g/mol. The summed E-state index contributed by atoms with van der Waals surface area (Å²) in [6, 6.07) is 16.1. The maximum absolute atomic E-state index is 6.04. The van der Waals surface area contributed by atoms with Gasteiger partial charge in [0.15, 0.2) is 0 Å². The van der Waals surface area contributed by atoms with E-state index in [-0.39, 0.29) is 0 Å². The number of rotatable bonds is 5. The first kappa shape index (κ1) is 14.3. The summed E-state index contributed by atoms with van der Waals surface area (Å²) in [4.78, 5) is 0. The van der Waals surface area contributed by atoms with E-state index in [9.17, 15) is 0 Å². The third-order valence-electron chi connectivity index (χ3n) is 3.84. The Kier molecular flexibility index (Phi) is 4.66. The van der Waals surface area contributed by atoms with Crippen LogP contribution >= 0.6 is 11.6 Å². The zero-order valence-corrected chi connectivity index (χ0v) is 12.8. The average molecular weight is 302 g/mol. The van der Waals surface area contributed by atoms with Crippen LogP contribution in [0.4, 0.5) is 5.69 Å². The lowest BCUT2D eigenvalue weighted by Crippen LogP contribution is -2.11. The first-order valence-corrected chi connectivity index (χ1v) is 7.92. The summed E-state index contributed by atoms with van der Waals surface area (Å²) in [6.07, 6.45) is 5.37. The number of benzene rings is 2. The topological polar surface area (TPSA) is 21.3 Å². The number of halogens is 1. The molecule has 2 aromatic carbocycles. The highest BCUT2D eigenvalue weighted by Gasteiger charge is 2.16. The van der Waals surface area contributed by atoms with Gasteiger partial charge >= 0.3 is 0 Å². The van der Waals surface area contributed by atoms with E-state index < -0.39 is 0 Å². The van der Waals surface area contributed by atoms with Crippen LogP contribution in [0.2, 0.25) is 5.02 Å². The lowest BCUT2D eigenvalue weighted by atomic mass is 10.2. The van der Waals surface area contributed by atoms with Gasteiger partial charge in [-0.05, 0) is 67.6 Å². The molecule has 0 heterocycles. The molecule has 3 heteroatoms. The first-order chi connectivity index (χ1) is 10.3. The van der Waals surface area contributed by atoms with Gasteiger partial charge in [0.25, 0.3) is 0 Å². The molecule has 1 saturated carbocycles. The fourth-order valence-corrected chi connectivity index (χ4v) is 2.83. The predicted molar refractivity (Wildman–Crippen MR) is 88.1 cm³/mol. The van der Waals surface area contributed by atoms with Crippen LogP contribution in [0.25, 0.3) is 0 Å². The molecule has 0 spiro atoms. The van der Waals surface area contributed by atoms with Crippen molar-refractivity contribution in [3.63, 3.8) is 0 Å². The normalized spacial score (nSPS) is 15.1. The van der Waals surface area contributed by atoms with Crippen molar-refractivity contribution in [2.45, 2.75) is 38.3 Å². The van der Waals surface area contributed by atoms with Crippen LogP contribution in [0, 0.1) is 0 Å². The van der Waals surface area contributed by atoms with Crippen LogP contribution in [0.1, 0.15) is 31.2 Å². The number of hydrogen-bond acceptors (Lipinski definition) is 2. The van der Waals surface area contributed by atoms with Crippen molar-refractivity contribution >= 4 is 17.3 Å². The number of anilines is 1. The molecule has 110 valence electrons. The van der Waals surface area contributed by atoms with E-state index in [4.69, 9.17) is 16.3 Å². The fourth-order valence-electron chi connectivity index (χ4n) is 2.70. The molecule has 0 atom stereocenters. The minimum Gasteiger partial charge on any atom is -0.490 e. The lowest BCUT2D eigenvalue weighted by Gasteiger charge is -2.14. The van der Waals surface area contributed by atoms with Crippen molar-refractivity contribution < 1.29 is 4.74 Å². The molecule has 1 N–H and O–H groups in total. The van der Waals surface area contributed by atoms with Crippen molar-refractivity contribution in [2.24, 2.45) is 0 Å². The van der Waals surface area contributed by atoms with Gasteiger partial charge in [0, 0.05) is 17.3 Å². The predicted octanol–water partition coefficient (Wildman–Crippen LogP) is 5.27. The number of nitrogens with one attached hydrogen (secondary N) is 1. The van der Waals surface area contributed by atoms with Gasteiger partial charge in [-0.3, -0.25) is 0 Å². The van der Waals surface area contributed by atoms with Crippen molar-refractivity contribution in [2.75, 3.05) is 5.32 Å². The molecular weight excluding hydrogens is 282 g/mol. The maximum atomic E-state index is 6.04. The number of hydrogen-bond donors (Lipinski definition) is 1. The minimum absolute atomic E-state index is 0.407. The fraction of sp³-hybridized carbons (Fsp3) is 0.333. The number of ether oxygens (including phenoxy) is 1. The molecule has 21 heavy (non-hydrogen) atoms. The molecule has 0 radical (unpaired) electrons. The van der Waals surface area contributed by atoms with Gasteiger partial charge in [0.2, 0.25) is 0 Å². The summed E-state index contributed by atoms with van der Waals surface area (Å²) in [7, 11) is 0. The van der Waals surface area contributed by atoms with Gasteiger partial charge in [-0.25, -0.2) is 0 Å². The van der Waals surface area contributed by atoms with E-state index in [1.807, 2.05) is 30.3 Å². The summed E-state index contributed by atoms with van der Waals surface area (Å²) in [5.74, 6) is 0.984. The molecule has 1 aliphatic carbocycles. The standard InChI is InChI=1S/C18H20ClNO/c19-15-8-10-16(11-9-15)20-13-14-4-3-7-18(12-14)21-17-5-1-2-6-17/h3-4,7-12,17,20H,1-2,5-6,13H2. The Labute approximate surface area is 131 Å². The van der Waals surface area contributed by atoms with Crippen LogP contribution in [0.3, 0.4) is 0 Å². The Balaban J connectivity index is 1.58. The lowest BCUT2D eigenvalue weighted by molar-refractivity contribution is 0.210. The van der Waals surface area contributed by atoms with Crippen molar-refractivity contribution in [1.29, 1.82) is 0 Å². The highest BCUT2D eigenvalue weighted by atomic mass is 35.5. The summed E-state index contributed by atoms with van der Waals surface area (Å²) >= 11 is 5.89. The molecule has 2 nitrogen and oxygen atoms in total. The molecule has 0 aromatic heterocycles. The molecular formula is C18H20ClNO. The zero-order valence-electron chi connectivity index (χ0n) is 12.0. The van der Waals surface area contributed by atoms with Crippen LogP contribution in [0.5, 0.6) is 5.75 Å². The van der Waals surface area contributed by atoms with Crippen molar-refractivity contribution in [1.82, 2.24) is 0 Å². The van der Waals surface area contributed by atoms with E-state index in [0.29, 0.717) is 6.10 Å². The SMILES string of the molecule is Clc1ccc(NCc2cccc(OC3CCCC3)c2)cc1. The summed E-state index contributed by atoms with van der Waals surface area (Å²) in [6.45, 7) is 0.781. The second-order valence-electron chi connectivity index (χ2n) is 5.53. The Hall–Kier alpha value is -1.67. The van der Waals surface area contributed by atoms with Gasteiger partial charge in [-0.15, -0.1) is 0 Å². The van der Waals surface area contributed by atoms with Crippen LogP contribution in [0.15, 0.2) is 48.5 Å². The molecule has 0 bridgehead atoms. The highest BCUT2D eigenvalue weighted by molar-refractivity contribution is 6.30. The van der Waals surface area contributed by atoms with Crippen molar-refractivity contribution in [3.8, 4) is 5.75 Å². The van der Waals surface area contributed by atoms with E-state index >= 15 is 0 Å². The van der Waals surface area contributed by atoms with Gasteiger partial charge in [0.1, 0.15) is 5.75 Å². The van der Waals surface area contributed by atoms with Crippen LogP contribution in [-0.4, -0.2) is 6.10 Å². The second kappa shape index (κ2) is 6.86. The summed E-state index contributed by atoms with van der Waals surface area (Å²) in [5.41, 5.74) is 2.29. The summed E-state index contributed by atoms with van der Waals surface area (Å²) in [5, 5.41) is 4.15. The van der Waals surface area contributed by atoms with E-state index in [1.165, 1.54) is 31.2 Å². The minimum atomic E-state index is 0.407. The Morgan fingerprint density at radius 1 is 1.05 bits per heavy atom. The molecule has 1 aliphatic rings. The highest BCUT2D eigenvalue weighted by Crippen LogP contribution is 2.25. The molecule has 0 saturated heterocycles. The van der Waals surface area contributed by atoms with Gasteiger partial charge in [0.05, 0.1) is 6.10 Å². The molecule has 0 unspecified atom stereocenters. The quantitative estimate of drug-likeness (QED) is 0.812. The molecule has 0 aliphatic heterocycles. The Morgan fingerprint density at radius 3 is 2.57 bits per heavy atom. The third-order valence-corrected chi connectivity index (χ3v) is 4.10. The van der Waals surface area contributed by atoms with Crippen LogP contribution in [-0.2, 0) is 6.54 Å². The third kappa shape index (κ3) is 4.15. The van der Waals surface area contributed by atoms with E-state index in [2.05, 4.69) is 23.5 Å². The Bertz CT molecular complexity index is 576. The smallest absolute Gasteiger partial charge is 0.120 e. The molecule has 0 amide bonds. The summed E-state index contributed by atoms with van der Waals surface area (Å²) < 4.78 is 6.04. The molecule has 1 fully saturated rings. The second-order valence-corrected chi connectivity index (χ2v) is 5.97. The van der Waals surface area contributed by atoms with Crippen LogP contribution < -0.4 is 10.1 Å². The van der Waals surface area contributed by atoms with Crippen molar-refractivity contribution in [3.05, 3.63) is 59.1 Å². The van der Waals surface area contributed by atoms with Gasteiger partial charge < -0.3 is 10.1 Å². The van der Waals surface area contributed by atoms with E-state index in [1.54, 1.807) is 0 Å².